The molecule has 0 atom stereocenters. The highest BCUT2D eigenvalue weighted by Crippen LogP contribution is 2.35. The van der Waals surface area contributed by atoms with E-state index in [1.54, 1.807) is 0 Å². The number of thiophene rings is 1. The summed E-state index contributed by atoms with van der Waals surface area (Å²) in [5.74, 6) is 0. The molecule has 4 aromatic rings. The van der Waals surface area contributed by atoms with Crippen molar-refractivity contribution in [2.45, 2.75) is 6.54 Å². The van der Waals surface area contributed by atoms with Crippen molar-refractivity contribution in [3.05, 3.63) is 47.6 Å². The summed E-state index contributed by atoms with van der Waals surface area (Å²) in [5.41, 5.74) is 2.80. The summed E-state index contributed by atoms with van der Waals surface area (Å²) in [7, 11) is 0. The number of benzene rings is 1. The second-order valence-electron chi connectivity index (χ2n) is 4.60. The van der Waals surface area contributed by atoms with Crippen molar-refractivity contribution in [1.29, 1.82) is 0 Å². The largest absolute Gasteiger partial charge is 0.296 e. The summed E-state index contributed by atoms with van der Waals surface area (Å²) in [6.07, 6.45) is 4.37. The summed E-state index contributed by atoms with van der Waals surface area (Å²) in [4.78, 5) is 1.35. The molecule has 2 nitrogen and oxygen atoms in total. The van der Waals surface area contributed by atoms with Gasteiger partial charge in [-0.25, -0.2) is 4.57 Å². The Hall–Kier alpha value is -1.87. The minimum absolute atomic E-state index is 1.01. The van der Waals surface area contributed by atoms with Gasteiger partial charge in [0.1, 0.15) is 18.9 Å². The molecule has 0 saturated carbocycles. The molecule has 5 rings (SSSR count). The third-order valence-electron chi connectivity index (χ3n) is 3.76. The maximum Gasteiger partial charge on any atom is 0.296 e. The predicted molar refractivity (Wildman–Crippen MR) is 69.6 cm³/mol. The van der Waals surface area contributed by atoms with Gasteiger partial charge in [-0.05, 0) is 11.4 Å². The number of imidazole rings is 1. The van der Waals surface area contributed by atoms with Gasteiger partial charge in [0, 0.05) is 16.3 Å². The molecule has 0 amide bonds. The van der Waals surface area contributed by atoms with E-state index in [-0.39, 0.29) is 0 Å². The zero-order valence-corrected chi connectivity index (χ0v) is 9.87. The van der Waals surface area contributed by atoms with Crippen LogP contribution in [0.4, 0.5) is 0 Å². The van der Waals surface area contributed by atoms with Gasteiger partial charge in [-0.3, -0.25) is 0 Å². The Labute approximate surface area is 101 Å². The highest BCUT2D eigenvalue weighted by atomic mass is 32.1. The first-order valence-electron chi connectivity index (χ1n) is 5.75. The van der Waals surface area contributed by atoms with Gasteiger partial charge in [-0.15, -0.1) is 11.3 Å². The van der Waals surface area contributed by atoms with Crippen LogP contribution in [-0.2, 0) is 6.54 Å². The molecule has 1 aliphatic rings. The molecular formula is C14H9N2S+. The molecule has 0 aliphatic carbocycles. The van der Waals surface area contributed by atoms with Gasteiger partial charge in [0.05, 0.1) is 5.39 Å². The highest BCUT2D eigenvalue weighted by molar-refractivity contribution is 7.17. The Morgan fingerprint density at radius 2 is 2.18 bits per heavy atom. The number of hydrogen-bond donors (Lipinski definition) is 0. The van der Waals surface area contributed by atoms with Gasteiger partial charge in [-0.2, -0.15) is 4.40 Å². The van der Waals surface area contributed by atoms with Crippen LogP contribution in [0.25, 0.3) is 26.6 Å². The van der Waals surface area contributed by atoms with Gasteiger partial charge in [0.25, 0.3) is 5.65 Å². The standard InChI is InChI=1S/C14H9N2S/c1-2-9-8-15-5-6-16-13(15)12(9)10(3-1)11-4-7-17-14(11)16/h1-7H,8H2/q+1. The Morgan fingerprint density at radius 1 is 1.18 bits per heavy atom. The van der Waals surface area contributed by atoms with Crippen LogP contribution in [0.3, 0.4) is 0 Å². The lowest BCUT2D eigenvalue weighted by atomic mass is 10.1. The van der Waals surface area contributed by atoms with Crippen molar-refractivity contribution in [2.75, 3.05) is 0 Å². The number of fused-ring (bicyclic) bond motifs is 3. The van der Waals surface area contributed by atoms with Crippen LogP contribution in [0.1, 0.15) is 5.56 Å². The van der Waals surface area contributed by atoms with Gasteiger partial charge in [0.2, 0.25) is 0 Å². The minimum Gasteiger partial charge on any atom is -0.225 e. The zero-order chi connectivity index (χ0) is 11.0. The first-order valence-corrected chi connectivity index (χ1v) is 6.63. The highest BCUT2D eigenvalue weighted by Gasteiger charge is 2.26. The lowest BCUT2D eigenvalue weighted by molar-refractivity contribution is -0.657. The molecule has 0 N–H and O–H groups in total. The maximum absolute atomic E-state index is 2.34. The first kappa shape index (κ1) is 8.25. The lowest BCUT2D eigenvalue weighted by Crippen LogP contribution is -2.28. The lowest BCUT2D eigenvalue weighted by Gasteiger charge is -1.98. The van der Waals surface area contributed by atoms with E-state index in [4.69, 9.17) is 0 Å². The fraction of sp³-hybridized carbons (Fsp3) is 0.0714. The van der Waals surface area contributed by atoms with Gasteiger partial charge >= 0.3 is 0 Å². The fourth-order valence-electron chi connectivity index (χ4n) is 3.08. The molecule has 0 bridgehead atoms. The number of pyridine rings is 1. The zero-order valence-electron chi connectivity index (χ0n) is 9.05. The summed E-state index contributed by atoms with van der Waals surface area (Å²) < 4.78 is 4.68. The summed E-state index contributed by atoms with van der Waals surface area (Å²) in [5, 5.41) is 6.39. The van der Waals surface area contributed by atoms with Crippen molar-refractivity contribution < 1.29 is 4.57 Å². The van der Waals surface area contributed by atoms with Crippen molar-refractivity contribution in [1.82, 2.24) is 4.40 Å². The van der Waals surface area contributed by atoms with E-state index in [1.165, 1.54) is 32.2 Å². The Bertz CT molecular complexity index is 914. The molecule has 0 radical (unpaired) electrons. The number of nitrogens with zero attached hydrogens (tertiary/aromatic N) is 2. The average molecular weight is 237 g/mol. The van der Waals surface area contributed by atoms with Gasteiger partial charge in [0.15, 0.2) is 4.83 Å². The van der Waals surface area contributed by atoms with Crippen LogP contribution in [0.2, 0.25) is 0 Å². The second kappa shape index (κ2) is 2.51. The molecule has 0 unspecified atom stereocenters. The monoisotopic (exact) mass is 237 g/mol. The average Bonchev–Trinajstić information content (AvgIpc) is 3.01. The number of aromatic nitrogens is 2. The smallest absolute Gasteiger partial charge is 0.225 e. The molecule has 0 spiro atoms. The predicted octanol–water partition coefficient (Wildman–Crippen LogP) is 2.96. The van der Waals surface area contributed by atoms with Crippen LogP contribution in [-0.4, -0.2) is 4.40 Å². The van der Waals surface area contributed by atoms with E-state index < -0.39 is 0 Å². The van der Waals surface area contributed by atoms with E-state index in [0.717, 1.165) is 6.54 Å². The van der Waals surface area contributed by atoms with Crippen molar-refractivity contribution >= 4 is 38.0 Å². The minimum atomic E-state index is 1.01. The second-order valence-corrected chi connectivity index (χ2v) is 5.49. The van der Waals surface area contributed by atoms with Crippen molar-refractivity contribution in [3.63, 3.8) is 0 Å². The summed E-state index contributed by atoms with van der Waals surface area (Å²) in [6.45, 7) is 1.01. The third-order valence-corrected chi connectivity index (χ3v) is 4.68. The van der Waals surface area contributed by atoms with Crippen LogP contribution >= 0.6 is 11.3 Å². The van der Waals surface area contributed by atoms with Crippen molar-refractivity contribution in [3.8, 4) is 0 Å². The molecule has 3 aromatic heterocycles. The molecule has 1 aliphatic heterocycles. The molecule has 0 fully saturated rings. The quantitative estimate of drug-likeness (QED) is 0.366. The molecule has 3 heteroatoms. The molecule has 1 aromatic carbocycles. The summed E-state index contributed by atoms with van der Waals surface area (Å²) in [6, 6.07) is 8.91. The summed E-state index contributed by atoms with van der Waals surface area (Å²) >= 11 is 1.82. The van der Waals surface area contributed by atoms with Gasteiger partial charge < -0.3 is 0 Å². The fourth-order valence-corrected chi connectivity index (χ4v) is 3.98. The molecule has 0 saturated heterocycles. The van der Waals surface area contributed by atoms with Gasteiger partial charge in [-0.1, -0.05) is 18.2 Å². The van der Waals surface area contributed by atoms with E-state index in [1.807, 2.05) is 11.3 Å². The Balaban J connectivity index is 2.33. The van der Waals surface area contributed by atoms with E-state index in [9.17, 15) is 0 Å². The maximum atomic E-state index is 2.34. The Morgan fingerprint density at radius 3 is 3.18 bits per heavy atom. The normalized spacial score (nSPS) is 13.6. The number of hydrogen-bond acceptors (Lipinski definition) is 1. The molecule has 17 heavy (non-hydrogen) atoms. The van der Waals surface area contributed by atoms with Crippen LogP contribution < -0.4 is 4.57 Å². The van der Waals surface area contributed by atoms with Crippen LogP contribution in [0.5, 0.6) is 0 Å². The SMILES string of the molecule is c1cc2c3c(c1)c1ccsc1n1cc[n+](c31)C2. The third kappa shape index (κ3) is 0.795. The van der Waals surface area contributed by atoms with Crippen LogP contribution in [0, 0.1) is 0 Å². The number of rotatable bonds is 0. The first-order chi connectivity index (χ1) is 8.43. The van der Waals surface area contributed by atoms with Crippen LogP contribution in [0.15, 0.2) is 42.0 Å². The van der Waals surface area contributed by atoms with E-state index in [0.29, 0.717) is 0 Å². The van der Waals surface area contributed by atoms with E-state index in [2.05, 4.69) is 51.0 Å². The Kier molecular flexibility index (Phi) is 1.22. The molecule has 4 heterocycles. The van der Waals surface area contributed by atoms with Crippen molar-refractivity contribution in [2.24, 2.45) is 0 Å². The van der Waals surface area contributed by atoms with E-state index >= 15 is 0 Å². The molecule has 80 valence electrons. The molecular weight excluding hydrogens is 228 g/mol. The topological polar surface area (TPSA) is 8.29 Å².